The first-order valence-corrected chi connectivity index (χ1v) is 30.1. The first-order chi connectivity index (χ1) is 38.9. The quantitative estimate of drug-likeness (QED) is 0.176. The molecule has 10 N–H and O–H groups in total. The van der Waals surface area contributed by atoms with Crippen molar-refractivity contribution in [1.82, 2.24) is 0 Å². The lowest BCUT2D eigenvalue weighted by Crippen LogP contribution is -2.69. The molecule has 9 saturated carbocycles. The highest BCUT2D eigenvalue weighted by Gasteiger charge is 2.79. The van der Waals surface area contributed by atoms with Crippen molar-refractivity contribution in [1.29, 1.82) is 0 Å². The summed E-state index contributed by atoms with van der Waals surface area (Å²) in [5.74, 6) is -6.62. The number of aliphatic hydroxyl groups is 10. The van der Waals surface area contributed by atoms with E-state index < -0.39 is 163 Å². The Morgan fingerprint density at radius 2 is 0.702 bits per heavy atom. The average Bonchev–Trinajstić information content (AvgIpc) is 1.33. The third-order valence-corrected chi connectivity index (χ3v) is 26.0. The Bertz CT molecular complexity index is 2730. The van der Waals surface area contributed by atoms with Crippen molar-refractivity contribution in [3.63, 3.8) is 0 Å². The summed E-state index contributed by atoms with van der Waals surface area (Å²) < 4.78 is 50.5. The minimum absolute atomic E-state index is 0.0135. The zero-order valence-electron chi connectivity index (χ0n) is 49.3. The minimum Gasteiger partial charge on any atom is -0.390 e. The maximum Gasteiger partial charge on any atom is 0.192 e. The van der Waals surface area contributed by atoms with E-state index in [1.807, 2.05) is 0 Å². The van der Waals surface area contributed by atoms with Gasteiger partial charge in [0.2, 0.25) is 0 Å². The molecule has 0 spiro atoms. The highest BCUT2D eigenvalue weighted by atomic mass is 19.2. The van der Waals surface area contributed by atoms with Crippen molar-refractivity contribution in [2.75, 3.05) is 19.8 Å². The van der Waals surface area contributed by atoms with Crippen LogP contribution in [-0.4, -0.2) is 164 Å². The molecule has 0 heterocycles. The molecule has 0 aliphatic heterocycles. The van der Waals surface area contributed by atoms with Crippen LogP contribution >= 0.6 is 0 Å². The highest BCUT2D eigenvalue weighted by molar-refractivity contribution is 6.02. The number of carbonyl (C=O) groups excluding carboxylic acids is 6. The van der Waals surface area contributed by atoms with Gasteiger partial charge in [-0.25, -0.2) is 13.2 Å². The summed E-state index contributed by atoms with van der Waals surface area (Å²) in [6.45, 7) is 11.3. The summed E-state index contributed by atoms with van der Waals surface area (Å²) in [5.41, 5.74) is -16.5. The first kappa shape index (κ1) is 62.9. The number of hydrogen-bond acceptors (Lipinski definition) is 16. The van der Waals surface area contributed by atoms with Gasteiger partial charge in [-0.2, -0.15) is 0 Å². The lowest BCUT2D eigenvalue weighted by atomic mass is 9.44. The lowest BCUT2D eigenvalue weighted by Gasteiger charge is -2.62. The van der Waals surface area contributed by atoms with Crippen LogP contribution in [0.25, 0.3) is 0 Å². The second kappa shape index (κ2) is 19.9. The van der Waals surface area contributed by atoms with E-state index in [0.29, 0.717) is 68.1 Å². The Hall–Kier alpha value is -4.15. The van der Waals surface area contributed by atoms with Crippen LogP contribution in [0.4, 0.5) is 13.2 Å². The molecule has 12 aliphatic rings. The molecule has 0 aromatic heterocycles. The molecule has 84 heavy (non-hydrogen) atoms. The number of fused-ring (bicyclic) bond motifs is 15. The van der Waals surface area contributed by atoms with Gasteiger partial charge in [-0.05, 0) is 164 Å². The van der Waals surface area contributed by atoms with Crippen LogP contribution in [0.5, 0.6) is 0 Å². The van der Waals surface area contributed by atoms with E-state index in [9.17, 15) is 79.8 Å². The largest absolute Gasteiger partial charge is 0.390 e. The van der Waals surface area contributed by atoms with E-state index >= 15 is 13.2 Å². The van der Waals surface area contributed by atoms with Gasteiger partial charge in [0.25, 0.3) is 0 Å². The van der Waals surface area contributed by atoms with Crippen molar-refractivity contribution in [2.45, 2.75) is 191 Å². The number of hydrogen-bond donors (Lipinski definition) is 10. The Labute approximate surface area is 487 Å². The maximum atomic E-state index is 16.9. The molecule has 0 saturated heterocycles. The summed E-state index contributed by atoms with van der Waals surface area (Å²) in [4.78, 5) is 72.9. The maximum absolute atomic E-state index is 16.9. The van der Waals surface area contributed by atoms with Gasteiger partial charge < -0.3 is 51.1 Å². The smallest absolute Gasteiger partial charge is 0.192 e. The fourth-order valence-electron chi connectivity index (χ4n) is 21.4. The molecule has 0 radical (unpaired) electrons. The van der Waals surface area contributed by atoms with E-state index in [1.54, 1.807) is 67.5 Å². The molecule has 12 rings (SSSR count). The third kappa shape index (κ3) is 7.48. The Morgan fingerprint density at radius 1 is 0.440 bits per heavy atom. The van der Waals surface area contributed by atoms with Crippen LogP contribution in [0.15, 0.2) is 71.4 Å². The monoisotopic (exact) mass is 1180 g/mol. The molecule has 12 aliphatic carbocycles. The van der Waals surface area contributed by atoms with Crippen LogP contribution in [0.3, 0.4) is 0 Å². The third-order valence-electron chi connectivity index (χ3n) is 26.0. The number of carbonyl (C=O) groups is 6. The predicted molar refractivity (Wildman–Crippen MR) is 297 cm³/mol. The van der Waals surface area contributed by atoms with Gasteiger partial charge in [-0.3, -0.25) is 28.8 Å². The summed E-state index contributed by atoms with van der Waals surface area (Å²) in [6, 6.07) is 0. The van der Waals surface area contributed by atoms with Crippen LogP contribution in [0.2, 0.25) is 0 Å². The van der Waals surface area contributed by atoms with E-state index in [4.69, 9.17) is 0 Å². The summed E-state index contributed by atoms with van der Waals surface area (Å²) in [7, 11) is 0. The Kier molecular flexibility index (Phi) is 14.9. The van der Waals surface area contributed by atoms with Crippen molar-refractivity contribution in [3.05, 3.63) is 71.4 Å². The molecular formula is C65H85F3O16. The second-order valence-electron chi connectivity index (χ2n) is 28.9. The molecule has 9 fully saturated rings. The summed E-state index contributed by atoms with van der Waals surface area (Å²) in [5, 5.41) is 106. The molecule has 0 unspecified atom stereocenters. The molecule has 0 amide bonds. The Morgan fingerprint density at radius 3 is 0.988 bits per heavy atom. The summed E-state index contributed by atoms with van der Waals surface area (Å²) in [6.07, 6.45) is 10.8. The molecule has 0 aromatic rings. The number of ketones is 6. The van der Waals surface area contributed by atoms with Crippen LogP contribution in [0.1, 0.15) is 132 Å². The van der Waals surface area contributed by atoms with Gasteiger partial charge in [-0.15, -0.1) is 0 Å². The van der Waals surface area contributed by atoms with Crippen molar-refractivity contribution in [2.24, 2.45) is 79.8 Å². The SMILES string of the molecule is C[C@@H]1C[C@H]2[C@@H]3CCC4=CC(=O)C=C[C@]4(C)[C@@]3(F)[C@@H](O)C[C@]2(C)[C@@]1(O)C(=O)CO.C[C@H]1C[C@H]2[C@@H]3CCC4=CC(=O)C=C[C@]4(C)[C@@]3(F)[C@@H](O)C[C@]2(C)[C@@]1(O)C(=O)CO.C[C@]12C=CC(=O)C=C1CC[C@H]1[C@@H]3C[C@@H](O)[C@](O)(C(=O)CO)[C@@]3(C)C[C@H](O)[C@@]12F. The first-order valence-electron chi connectivity index (χ1n) is 30.1. The van der Waals surface area contributed by atoms with Crippen LogP contribution in [0, 0.1) is 79.8 Å². The highest BCUT2D eigenvalue weighted by Crippen LogP contribution is 2.74. The van der Waals surface area contributed by atoms with Crippen LogP contribution < -0.4 is 0 Å². The molecule has 0 bridgehead atoms. The van der Waals surface area contributed by atoms with E-state index in [-0.39, 0.29) is 54.9 Å². The number of allylic oxidation sites excluding steroid dienone is 12. The predicted octanol–water partition coefficient (Wildman–Crippen LogP) is 4.41. The number of rotatable bonds is 6. The minimum atomic E-state index is -2.23. The molecule has 24 atom stereocenters. The number of alkyl halides is 3. The standard InChI is InChI=1S/2C22H29FO5.C21H27FO6/c2*1-12-8-16-15-5-4-13-9-14(25)6-7-19(13,2)21(15,23)17(26)10-20(16,3)22(12,28)18(27)11-24;1-18-6-5-12(24)7-11(18)3-4-13-14-8-15(25)21(28,17(27)10-23)19(14,2)9-16(26)20(13,18)22/h2*6-7,9,12,15-17,24,26,28H,4-5,8,10-11H2,1-3H3;5-7,13-16,23,25-26,28H,3-4,8-10H2,1-2H3/t12-,15+,16+,17+,19+,20+,21+,22+;12-,15-,16-,17-,19-,20-,21-,22-;13-,14-,15+,16-,18-,19-,20-,21-/m100/s1. The topological polar surface area (TPSA) is 305 Å². The van der Waals surface area contributed by atoms with Crippen molar-refractivity contribution in [3.8, 4) is 0 Å². The van der Waals surface area contributed by atoms with Gasteiger partial charge in [0, 0.05) is 50.2 Å². The molecule has 16 nitrogen and oxygen atoms in total. The van der Waals surface area contributed by atoms with Gasteiger partial charge in [-0.1, -0.05) is 69.6 Å². The zero-order chi connectivity index (χ0) is 62.1. The van der Waals surface area contributed by atoms with E-state index in [1.165, 1.54) is 42.5 Å². The van der Waals surface area contributed by atoms with Crippen molar-refractivity contribution >= 4 is 34.7 Å². The van der Waals surface area contributed by atoms with Gasteiger partial charge in [0.1, 0.15) is 31.0 Å². The molecular weight excluding hydrogens is 1090 g/mol. The van der Waals surface area contributed by atoms with Crippen LogP contribution in [-0.2, 0) is 28.8 Å². The normalized spacial score (nSPS) is 52.5. The average molecular weight is 1180 g/mol. The number of aliphatic hydroxyl groups excluding tert-OH is 7. The number of halogens is 3. The fourth-order valence-corrected chi connectivity index (χ4v) is 21.4. The number of Topliss-reactive ketones (excluding diaryl/α,β-unsaturated/α-hetero) is 3. The Balaban J connectivity index is 0.000000140. The summed E-state index contributed by atoms with van der Waals surface area (Å²) >= 11 is 0. The second-order valence-corrected chi connectivity index (χ2v) is 28.9. The molecule has 0 aromatic carbocycles. The van der Waals surface area contributed by atoms with Gasteiger partial charge in [0.15, 0.2) is 57.3 Å². The lowest BCUT2D eigenvalue weighted by molar-refractivity contribution is -0.222. The van der Waals surface area contributed by atoms with E-state index in [0.717, 1.165) is 0 Å². The van der Waals surface area contributed by atoms with E-state index in [2.05, 4.69) is 0 Å². The fraction of sp³-hybridized carbons (Fsp3) is 0.723. The molecule has 462 valence electrons. The van der Waals surface area contributed by atoms with Gasteiger partial charge >= 0.3 is 0 Å². The molecule has 19 heteroatoms. The van der Waals surface area contributed by atoms with Crippen molar-refractivity contribution < 1.29 is 93.0 Å². The van der Waals surface area contributed by atoms with Gasteiger partial charge in [0.05, 0.1) is 24.4 Å². The zero-order valence-corrected chi connectivity index (χ0v) is 49.3.